The number of primary amides is 1. The van der Waals surface area contributed by atoms with Gasteiger partial charge in [0, 0.05) is 6.54 Å². The van der Waals surface area contributed by atoms with Crippen LogP contribution in [0.2, 0.25) is 0 Å². The molecule has 0 radical (unpaired) electrons. The number of carboxylic acid groups (broad SMARTS) is 1. The Kier molecular flexibility index (Phi) is 6.73. The molecule has 0 aliphatic carbocycles. The highest BCUT2D eigenvalue weighted by Gasteiger charge is 2.50. The third kappa shape index (κ3) is 4.82. The molecule has 1 aliphatic rings. The minimum Gasteiger partial charge on any atom is -0.465 e. The molecule has 11 heteroatoms. The molecule has 2 amide bonds. The van der Waals surface area contributed by atoms with E-state index in [0.717, 1.165) is 31.0 Å². The van der Waals surface area contributed by atoms with Gasteiger partial charge in [0.2, 0.25) is 5.69 Å². The van der Waals surface area contributed by atoms with Crippen molar-refractivity contribution in [1.29, 1.82) is 0 Å². The van der Waals surface area contributed by atoms with Gasteiger partial charge in [-0.25, -0.2) is 9.48 Å². The summed E-state index contributed by atoms with van der Waals surface area (Å²) in [5.41, 5.74) is 4.76. The Morgan fingerprint density at radius 1 is 1.27 bits per heavy atom. The summed E-state index contributed by atoms with van der Waals surface area (Å²) >= 11 is 0. The molecule has 3 N–H and O–H groups in total. The zero-order chi connectivity index (χ0) is 24.4. The number of likely N-dealkylation sites (tertiary alicyclic amines) is 1. The van der Waals surface area contributed by atoms with Gasteiger partial charge < -0.3 is 15.6 Å². The van der Waals surface area contributed by atoms with Gasteiger partial charge in [-0.1, -0.05) is 32.9 Å². The lowest BCUT2D eigenvalue weighted by atomic mass is 9.68. The van der Waals surface area contributed by atoms with E-state index in [9.17, 15) is 24.8 Å². The number of carbonyl (C=O) groups excluding carboxylic acids is 1. The topological polar surface area (TPSA) is 154 Å². The summed E-state index contributed by atoms with van der Waals surface area (Å²) in [6, 6.07) is 6.96. The lowest BCUT2D eigenvalue weighted by Gasteiger charge is -2.53. The van der Waals surface area contributed by atoms with E-state index in [0.29, 0.717) is 12.2 Å². The summed E-state index contributed by atoms with van der Waals surface area (Å²) in [7, 11) is 0. The Balaban J connectivity index is 1.73. The Bertz CT molecular complexity index is 1010. The van der Waals surface area contributed by atoms with Crippen molar-refractivity contribution in [2.45, 2.75) is 52.2 Å². The molecule has 2 aromatic rings. The van der Waals surface area contributed by atoms with Gasteiger partial charge in [-0.05, 0) is 42.4 Å². The molecule has 2 heterocycles. The molecular weight excluding hydrogens is 430 g/mol. The van der Waals surface area contributed by atoms with Gasteiger partial charge in [-0.2, -0.15) is 5.10 Å². The molecule has 33 heavy (non-hydrogen) atoms. The molecule has 1 aromatic heterocycles. The first-order valence-electron chi connectivity index (χ1n) is 10.7. The molecule has 1 aliphatic heterocycles. The first-order valence-corrected chi connectivity index (χ1v) is 10.7. The predicted molar refractivity (Wildman–Crippen MR) is 119 cm³/mol. The number of hydrogen-bond donors (Lipinski definition) is 2. The van der Waals surface area contributed by atoms with E-state index >= 15 is 0 Å². The third-order valence-electron chi connectivity index (χ3n) is 6.30. The largest absolute Gasteiger partial charge is 0.465 e. The van der Waals surface area contributed by atoms with Crippen LogP contribution in [0.5, 0.6) is 0 Å². The lowest BCUT2D eigenvalue weighted by Crippen LogP contribution is -2.63. The molecule has 1 atom stereocenters. The van der Waals surface area contributed by atoms with Crippen LogP contribution >= 0.6 is 0 Å². The van der Waals surface area contributed by atoms with Gasteiger partial charge in [0.15, 0.2) is 0 Å². The van der Waals surface area contributed by atoms with Crippen molar-refractivity contribution in [3.05, 3.63) is 51.8 Å². The molecule has 1 fully saturated rings. The number of carbonyl (C=O) groups is 2. The van der Waals surface area contributed by atoms with E-state index in [1.165, 1.54) is 9.58 Å². The second-order valence-electron chi connectivity index (χ2n) is 9.26. The number of hydrogen-bond acceptors (Lipinski definition) is 6. The van der Waals surface area contributed by atoms with Crippen molar-refractivity contribution in [1.82, 2.24) is 14.7 Å². The Labute approximate surface area is 191 Å². The smallest absolute Gasteiger partial charge is 0.407 e. The maximum absolute atomic E-state index is 11.9. The van der Waals surface area contributed by atoms with Gasteiger partial charge in [-0.15, -0.1) is 0 Å². The van der Waals surface area contributed by atoms with Crippen molar-refractivity contribution >= 4 is 17.7 Å². The van der Waals surface area contributed by atoms with Crippen molar-refractivity contribution < 1.29 is 24.4 Å². The normalized spacial score (nSPS) is 18.8. The number of nitrogens with zero attached hydrogens (tertiary/aromatic N) is 4. The Hall–Kier alpha value is -3.47. The predicted octanol–water partition coefficient (Wildman–Crippen LogP) is 3.34. The summed E-state index contributed by atoms with van der Waals surface area (Å²) in [4.78, 5) is 35.3. The van der Waals surface area contributed by atoms with Gasteiger partial charge in [-0.3, -0.25) is 19.8 Å². The maximum atomic E-state index is 11.9. The number of piperidine rings is 1. The van der Waals surface area contributed by atoms with Gasteiger partial charge in [0.1, 0.15) is 6.20 Å². The van der Waals surface area contributed by atoms with E-state index < -0.39 is 33.8 Å². The molecule has 1 saturated heterocycles. The monoisotopic (exact) mass is 459 g/mol. The van der Waals surface area contributed by atoms with Crippen LogP contribution in [0, 0.1) is 15.5 Å². The number of amides is 2. The first kappa shape index (κ1) is 24.2. The van der Waals surface area contributed by atoms with Crippen LogP contribution in [0.15, 0.2) is 30.5 Å². The number of rotatable bonds is 7. The number of nitrogens with two attached hydrogens (primary N) is 1. The molecule has 0 saturated carbocycles. The van der Waals surface area contributed by atoms with Gasteiger partial charge in [0.05, 0.1) is 29.4 Å². The van der Waals surface area contributed by atoms with Crippen LogP contribution in [0.1, 0.15) is 56.1 Å². The second-order valence-corrected chi connectivity index (χ2v) is 9.26. The molecule has 11 nitrogen and oxygen atoms in total. The van der Waals surface area contributed by atoms with Crippen LogP contribution in [0.25, 0.3) is 5.69 Å². The number of ether oxygens (including phenoxy) is 1. The average molecular weight is 460 g/mol. The summed E-state index contributed by atoms with van der Waals surface area (Å²) in [5.74, 6) is -0.976. The minimum atomic E-state index is -0.976. The Morgan fingerprint density at radius 3 is 2.45 bits per heavy atom. The highest BCUT2D eigenvalue weighted by Crippen LogP contribution is 2.43. The van der Waals surface area contributed by atoms with E-state index in [2.05, 4.69) is 5.10 Å². The molecule has 1 unspecified atom stereocenters. The van der Waals surface area contributed by atoms with Gasteiger partial charge >= 0.3 is 11.8 Å². The number of nitro groups is 1. The van der Waals surface area contributed by atoms with Crippen LogP contribution < -0.4 is 5.73 Å². The fraction of sp³-hybridized carbons (Fsp3) is 0.500. The summed E-state index contributed by atoms with van der Waals surface area (Å²) in [5, 5.41) is 24.8. The van der Waals surface area contributed by atoms with Crippen LogP contribution in [0.4, 0.5) is 10.5 Å². The average Bonchev–Trinajstić information content (AvgIpc) is 3.20. The highest BCUT2D eigenvalue weighted by atomic mass is 16.6. The van der Waals surface area contributed by atoms with Crippen molar-refractivity contribution in [3.8, 4) is 5.69 Å². The lowest BCUT2D eigenvalue weighted by molar-refractivity contribution is -0.385. The summed E-state index contributed by atoms with van der Waals surface area (Å²) < 4.78 is 7.25. The first-order chi connectivity index (χ1) is 15.5. The zero-order valence-electron chi connectivity index (χ0n) is 19.0. The summed E-state index contributed by atoms with van der Waals surface area (Å²) in [6.45, 7) is 7.16. The number of benzene rings is 1. The van der Waals surface area contributed by atoms with E-state index in [1.54, 1.807) is 24.3 Å². The molecule has 0 bridgehead atoms. The summed E-state index contributed by atoms with van der Waals surface area (Å²) in [6.07, 6.45) is 2.74. The number of aromatic nitrogens is 2. The van der Waals surface area contributed by atoms with Crippen LogP contribution in [-0.4, -0.2) is 55.4 Å². The Morgan fingerprint density at radius 2 is 1.94 bits per heavy atom. The van der Waals surface area contributed by atoms with Crippen LogP contribution in [0.3, 0.4) is 0 Å². The maximum Gasteiger partial charge on any atom is 0.407 e. The molecular formula is C22H29N5O6. The SMILES string of the molecule is CC(C)(C)C1(COCc2ccc(-n3cc([N+](=O)[O-])c(C(N)=O)n3)cc2)CCCCN1C(=O)O. The van der Waals surface area contributed by atoms with E-state index in [4.69, 9.17) is 10.5 Å². The molecule has 178 valence electrons. The van der Waals surface area contributed by atoms with Crippen molar-refractivity contribution in [2.75, 3.05) is 13.2 Å². The van der Waals surface area contributed by atoms with Gasteiger partial charge in [0.25, 0.3) is 5.91 Å². The molecule has 3 rings (SSSR count). The van der Waals surface area contributed by atoms with Crippen molar-refractivity contribution in [3.63, 3.8) is 0 Å². The highest BCUT2D eigenvalue weighted by molar-refractivity contribution is 5.94. The quantitative estimate of drug-likeness (QED) is 0.475. The van der Waals surface area contributed by atoms with E-state index in [-0.39, 0.29) is 18.6 Å². The third-order valence-corrected chi connectivity index (χ3v) is 6.30. The fourth-order valence-electron chi connectivity index (χ4n) is 4.35. The van der Waals surface area contributed by atoms with Crippen LogP contribution in [-0.2, 0) is 11.3 Å². The standard InChI is InChI=1S/C22H29N5O6/c1-21(2,3)22(10-4-5-11-25(22)20(29)30)14-33-13-15-6-8-16(9-7-15)26-12-17(27(31)32)18(24-26)19(23)28/h6-9,12H,4-5,10-11,13-14H2,1-3H3,(H2,23,28)(H,29,30). The zero-order valence-corrected chi connectivity index (χ0v) is 19.0. The fourth-order valence-corrected chi connectivity index (χ4v) is 4.35. The minimum absolute atomic E-state index is 0.275. The second kappa shape index (κ2) is 9.18. The van der Waals surface area contributed by atoms with Crippen molar-refractivity contribution in [2.24, 2.45) is 11.1 Å². The molecule has 0 spiro atoms. The van der Waals surface area contributed by atoms with E-state index in [1.807, 2.05) is 20.8 Å². The molecule has 1 aromatic carbocycles.